The van der Waals surface area contributed by atoms with Gasteiger partial charge in [-0.15, -0.1) is 0 Å². The van der Waals surface area contributed by atoms with Gasteiger partial charge in [0.1, 0.15) is 11.9 Å². The lowest BCUT2D eigenvalue weighted by molar-refractivity contribution is -0.137. The summed E-state index contributed by atoms with van der Waals surface area (Å²) in [5.74, 6) is 0.665. The monoisotopic (exact) mass is 321 g/mol. The zero-order valence-electron chi connectivity index (χ0n) is 12.5. The number of benzene rings is 2. The minimum Gasteiger partial charge on any atom is -0.490 e. The summed E-state index contributed by atoms with van der Waals surface area (Å²) in [6, 6.07) is 15.0. The first kappa shape index (κ1) is 15.9. The van der Waals surface area contributed by atoms with Crippen LogP contribution in [0.2, 0.25) is 0 Å². The first-order valence-electron chi connectivity index (χ1n) is 7.63. The minimum atomic E-state index is -4.32. The van der Waals surface area contributed by atoms with Crippen molar-refractivity contribution >= 4 is 0 Å². The molecule has 1 saturated heterocycles. The lowest BCUT2D eigenvalue weighted by atomic mass is 9.89. The fraction of sp³-hybridized carbons (Fsp3) is 0.333. The van der Waals surface area contributed by atoms with Crippen molar-refractivity contribution in [2.24, 2.45) is 0 Å². The highest BCUT2D eigenvalue weighted by molar-refractivity contribution is 5.30. The van der Waals surface area contributed by atoms with Gasteiger partial charge in [-0.2, -0.15) is 13.2 Å². The van der Waals surface area contributed by atoms with Gasteiger partial charge >= 0.3 is 6.18 Å². The first-order chi connectivity index (χ1) is 11.0. The molecule has 3 rings (SSSR count). The predicted octanol–water partition coefficient (Wildman–Crippen LogP) is 4.23. The summed E-state index contributed by atoms with van der Waals surface area (Å²) in [5.41, 5.74) is 0.520. The molecule has 0 amide bonds. The van der Waals surface area contributed by atoms with E-state index >= 15 is 0 Å². The third-order valence-corrected chi connectivity index (χ3v) is 4.12. The van der Waals surface area contributed by atoms with Crippen LogP contribution >= 0.6 is 0 Å². The van der Waals surface area contributed by atoms with Crippen molar-refractivity contribution in [2.45, 2.75) is 24.6 Å². The molecule has 2 nitrogen and oxygen atoms in total. The molecule has 1 aliphatic rings. The molecule has 122 valence electrons. The van der Waals surface area contributed by atoms with Crippen LogP contribution < -0.4 is 10.1 Å². The van der Waals surface area contributed by atoms with Gasteiger partial charge in [0.15, 0.2) is 0 Å². The summed E-state index contributed by atoms with van der Waals surface area (Å²) in [6.45, 7) is 1.64. The molecule has 2 aromatic carbocycles. The van der Waals surface area contributed by atoms with Crippen LogP contribution in [0.25, 0.3) is 0 Å². The van der Waals surface area contributed by atoms with Crippen molar-refractivity contribution in [3.05, 3.63) is 65.7 Å². The number of nitrogens with one attached hydrogen (secondary N) is 1. The van der Waals surface area contributed by atoms with Crippen molar-refractivity contribution in [3.8, 4) is 5.75 Å². The maximum Gasteiger partial charge on any atom is 0.416 e. The Kier molecular flexibility index (Phi) is 4.57. The van der Waals surface area contributed by atoms with Crippen LogP contribution in [0.1, 0.15) is 23.5 Å². The Morgan fingerprint density at radius 2 is 1.65 bits per heavy atom. The molecule has 0 aromatic heterocycles. The maximum absolute atomic E-state index is 12.6. The molecule has 1 N–H and O–H groups in total. The normalized spacial score (nSPS) is 21.9. The molecule has 0 radical (unpaired) electrons. The maximum atomic E-state index is 12.6. The number of ether oxygens (including phenoxy) is 1. The standard InChI is InChI=1S/C18H18F3NO/c19-18(20,21)14-6-8-15(9-7-14)23-17-10-11-22-12-16(17)13-4-2-1-3-5-13/h1-9,16-17,22H,10-12H2/t16-,17+/m0/s1. The Morgan fingerprint density at radius 1 is 0.957 bits per heavy atom. The lowest BCUT2D eigenvalue weighted by Gasteiger charge is -2.33. The molecular weight excluding hydrogens is 303 g/mol. The van der Waals surface area contributed by atoms with E-state index in [2.05, 4.69) is 17.4 Å². The molecule has 0 aliphatic carbocycles. The van der Waals surface area contributed by atoms with Gasteiger partial charge in [-0.25, -0.2) is 0 Å². The van der Waals surface area contributed by atoms with Crippen molar-refractivity contribution < 1.29 is 17.9 Å². The molecule has 1 fully saturated rings. The van der Waals surface area contributed by atoms with Crippen LogP contribution in [-0.4, -0.2) is 19.2 Å². The summed E-state index contributed by atoms with van der Waals surface area (Å²) < 4.78 is 43.8. The Labute approximate surface area is 133 Å². The van der Waals surface area contributed by atoms with Gasteiger partial charge < -0.3 is 10.1 Å². The highest BCUT2D eigenvalue weighted by Crippen LogP contribution is 2.32. The number of halogens is 3. The van der Waals surface area contributed by atoms with Crippen molar-refractivity contribution in [1.29, 1.82) is 0 Å². The molecule has 2 atom stereocenters. The van der Waals surface area contributed by atoms with E-state index in [0.29, 0.717) is 5.75 Å². The van der Waals surface area contributed by atoms with E-state index in [9.17, 15) is 13.2 Å². The van der Waals surface area contributed by atoms with Gasteiger partial charge in [0.25, 0.3) is 0 Å². The summed E-state index contributed by atoms with van der Waals surface area (Å²) in [7, 11) is 0. The number of piperidine rings is 1. The highest BCUT2D eigenvalue weighted by Gasteiger charge is 2.31. The van der Waals surface area contributed by atoms with Gasteiger partial charge in [-0.1, -0.05) is 30.3 Å². The van der Waals surface area contributed by atoms with E-state index in [-0.39, 0.29) is 12.0 Å². The average molecular weight is 321 g/mol. The topological polar surface area (TPSA) is 21.3 Å². The molecular formula is C18H18F3NO. The van der Waals surface area contributed by atoms with Gasteiger partial charge in [-0.05, 0) is 42.8 Å². The Hall–Kier alpha value is -2.01. The second-order valence-electron chi connectivity index (χ2n) is 5.69. The fourth-order valence-electron chi connectivity index (χ4n) is 2.91. The molecule has 0 bridgehead atoms. The molecule has 0 unspecified atom stereocenters. The smallest absolute Gasteiger partial charge is 0.416 e. The van der Waals surface area contributed by atoms with Crippen LogP contribution in [0.4, 0.5) is 13.2 Å². The Bertz CT molecular complexity index is 625. The summed E-state index contributed by atoms with van der Waals surface area (Å²) >= 11 is 0. The van der Waals surface area contributed by atoms with Crippen LogP contribution in [0, 0.1) is 0 Å². The fourth-order valence-corrected chi connectivity index (χ4v) is 2.91. The number of hydrogen-bond donors (Lipinski definition) is 1. The highest BCUT2D eigenvalue weighted by atomic mass is 19.4. The second-order valence-corrected chi connectivity index (χ2v) is 5.69. The average Bonchev–Trinajstić information content (AvgIpc) is 2.56. The van der Waals surface area contributed by atoms with Gasteiger partial charge in [0, 0.05) is 12.5 Å². The van der Waals surface area contributed by atoms with Crippen molar-refractivity contribution in [2.75, 3.05) is 13.1 Å². The summed E-state index contributed by atoms with van der Waals surface area (Å²) in [4.78, 5) is 0. The SMILES string of the molecule is FC(F)(F)c1ccc(O[C@@H]2CCNC[C@H]2c2ccccc2)cc1. The van der Waals surface area contributed by atoms with Crippen LogP contribution in [-0.2, 0) is 6.18 Å². The molecule has 5 heteroatoms. The van der Waals surface area contributed by atoms with Crippen LogP contribution in [0.3, 0.4) is 0 Å². The quantitative estimate of drug-likeness (QED) is 0.913. The number of alkyl halides is 3. The molecule has 0 saturated carbocycles. The second kappa shape index (κ2) is 6.62. The van der Waals surface area contributed by atoms with Gasteiger partial charge in [-0.3, -0.25) is 0 Å². The van der Waals surface area contributed by atoms with E-state index in [1.165, 1.54) is 17.7 Å². The third kappa shape index (κ3) is 3.85. The Morgan fingerprint density at radius 3 is 2.30 bits per heavy atom. The summed E-state index contributed by atoms with van der Waals surface area (Å²) in [5, 5.41) is 3.35. The van der Waals surface area contributed by atoms with E-state index < -0.39 is 11.7 Å². The zero-order valence-corrected chi connectivity index (χ0v) is 12.5. The molecule has 0 spiro atoms. The number of hydrogen-bond acceptors (Lipinski definition) is 2. The number of rotatable bonds is 3. The largest absolute Gasteiger partial charge is 0.490 e. The zero-order chi connectivity index (χ0) is 16.3. The Balaban J connectivity index is 1.75. The van der Waals surface area contributed by atoms with Crippen LogP contribution in [0.5, 0.6) is 5.75 Å². The van der Waals surface area contributed by atoms with Gasteiger partial charge in [0.05, 0.1) is 5.56 Å². The van der Waals surface area contributed by atoms with E-state index in [4.69, 9.17) is 4.74 Å². The first-order valence-corrected chi connectivity index (χ1v) is 7.63. The van der Waals surface area contributed by atoms with E-state index in [1.54, 1.807) is 0 Å². The molecule has 2 aromatic rings. The van der Waals surface area contributed by atoms with Crippen molar-refractivity contribution in [1.82, 2.24) is 5.32 Å². The predicted molar refractivity (Wildman–Crippen MR) is 82.5 cm³/mol. The lowest BCUT2D eigenvalue weighted by Crippen LogP contribution is -2.41. The molecule has 1 aliphatic heterocycles. The molecule has 23 heavy (non-hydrogen) atoms. The van der Waals surface area contributed by atoms with Gasteiger partial charge in [0.2, 0.25) is 0 Å². The minimum absolute atomic E-state index is 0.0459. The van der Waals surface area contributed by atoms with E-state index in [1.807, 2.05) is 18.2 Å². The third-order valence-electron chi connectivity index (χ3n) is 4.12. The van der Waals surface area contributed by atoms with E-state index in [0.717, 1.165) is 31.6 Å². The summed E-state index contributed by atoms with van der Waals surface area (Å²) in [6.07, 6.45) is -3.55. The van der Waals surface area contributed by atoms with Crippen LogP contribution in [0.15, 0.2) is 54.6 Å². The molecule has 1 heterocycles. The van der Waals surface area contributed by atoms with Crippen molar-refractivity contribution in [3.63, 3.8) is 0 Å².